The average Bonchev–Trinajstić information content (AvgIpc) is 2.93. The number of nitrogen functional groups attached to an aromatic ring is 1. The van der Waals surface area contributed by atoms with Crippen LogP contribution >= 0.6 is 0 Å². The molecule has 4 aromatic carbocycles. The predicted octanol–water partition coefficient (Wildman–Crippen LogP) is 1.77. The number of esters is 1. The summed E-state index contributed by atoms with van der Waals surface area (Å²) in [5, 5.41) is 3.05. The smallest absolute Gasteiger partial charge is 0.744 e. The van der Waals surface area contributed by atoms with Crippen LogP contribution in [0, 0.1) is 6.92 Å². The van der Waals surface area contributed by atoms with Gasteiger partial charge in [0.05, 0.1) is 39.6 Å². The quantitative estimate of drug-likeness (QED) is 0.124. The number of benzene rings is 4. The molecular formula is C31H25N2NaO7S. The topological polar surface area (TPSA) is 156 Å². The molecule has 0 aliphatic heterocycles. The minimum atomic E-state index is -5.08. The first-order valence-electron chi connectivity index (χ1n) is 12.7. The standard InChI is InChI=1S/C31H26N2O7S.Na/c1-3-40-31(36)20-9-5-4-8-19(20)15-18-12-13-23(17(2)14-18)33-24-16-25(41(37,38)39)28(32)27-26(24)29(34)21-10-6-7-11-22(21)30(27)35;/h4-14,16,33H,3,15,32H2,1-2H3,(H,37,38,39);/q;+1/p-1. The largest absolute Gasteiger partial charge is 1.00 e. The number of carbonyl (C=O) groups is 3. The van der Waals surface area contributed by atoms with Crippen LogP contribution in [0.25, 0.3) is 0 Å². The molecule has 4 aromatic rings. The molecule has 0 heterocycles. The van der Waals surface area contributed by atoms with Crippen LogP contribution in [0.3, 0.4) is 0 Å². The van der Waals surface area contributed by atoms with Gasteiger partial charge in [-0.1, -0.05) is 54.6 Å². The van der Waals surface area contributed by atoms with Gasteiger partial charge in [0, 0.05) is 16.8 Å². The first-order valence-corrected chi connectivity index (χ1v) is 14.1. The van der Waals surface area contributed by atoms with Crippen molar-refractivity contribution in [3.05, 3.63) is 117 Å². The van der Waals surface area contributed by atoms with Crippen LogP contribution in [-0.2, 0) is 21.3 Å². The number of carbonyl (C=O) groups excluding carboxylic acids is 3. The third-order valence-electron chi connectivity index (χ3n) is 6.94. The number of fused-ring (bicyclic) bond motifs is 2. The molecule has 0 radical (unpaired) electrons. The molecule has 11 heteroatoms. The third-order valence-corrected chi connectivity index (χ3v) is 7.81. The van der Waals surface area contributed by atoms with E-state index in [1.54, 1.807) is 44.2 Å². The molecule has 208 valence electrons. The van der Waals surface area contributed by atoms with Crippen LogP contribution in [0.5, 0.6) is 0 Å². The van der Waals surface area contributed by atoms with E-state index < -0.39 is 38.2 Å². The second-order valence-corrected chi connectivity index (χ2v) is 10.9. The first-order chi connectivity index (χ1) is 19.5. The van der Waals surface area contributed by atoms with E-state index >= 15 is 0 Å². The zero-order chi connectivity index (χ0) is 29.5. The average molecular weight is 593 g/mol. The van der Waals surface area contributed by atoms with Crippen molar-refractivity contribution in [2.45, 2.75) is 25.2 Å². The van der Waals surface area contributed by atoms with E-state index in [0.29, 0.717) is 17.7 Å². The van der Waals surface area contributed by atoms with Crippen LogP contribution in [0.2, 0.25) is 0 Å². The zero-order valence-corrected chi connectivity index (χ0v) is 26.0. The summed E-state index contributed by atoms with van der Waals surface area (Å²) in [5.74, 6) is -1.58. The minimum absolute atomic E-state index is 0. The number of hydrogen-bond acceptors (Lipinski definition) is 9. The molecule has 0 saturated carbocycles. The summed E-state index contributed by atoms with van der Waals surface area (Å²) in [4.78, 5) is 38.5. The molecule has 0 amide bonds. The van der Waals surface area contributed by atoms with Gasteiger partial charge in [0.1, 0.15) is 10.1 Å². The Kier molecular flexibility index (Phi) is 9.05. The minimum Gasteiger partial charge on any atom is -0.744 e. The number of anilines is 3. The van der Waals surface area contributed by atoms with Crippen LogP contribution in [0.4, 0.5) is 17.1 Å². The number of nitrogens with one attached hydrogen (secondary N) is 1. The van der Waals surface area contributed by atoms with E-state index in [1.165, 1.54) is 12.1 Å². The van der Waals surface area contributed by atoms with Crippen LogP contribution in [-0.4, -0.2) is 37.1 Å². The Morgan fingerprint density at radius 2 is 1.52 bits per heavy atom. The fraction of sp³-hybridized carbons (Fsp3) is 0.129. The van der Waals surface area contributed by atoms with Gasteiger partial charge in [-0.05, 0) is 55.2 Å². The van der Waals surface area contributed by atoms with E-state index in [1.807, 2.05) is 24.3 Å². The molecule has 0 unspecified atom stereocenters. The molecule has 3 N–H and O–H groups in total. The Bertz CT molecular complexity index is 1870. The summed E-state index contributed by atoms with van der Waals surface area (Å²) in [6.45, 7) is 3.81. The molecule has 0 fully saturated rings. The molecule has 0 saturated heterocycles. The van der Waals surface area contributed by atoms with Crippen LogP contribution in [0.1, 0.15) is 65.8 Å². The monoisotopic (exact) mass is 592 g/mol. The van der Waals surface area contributed by atoms with Crippen molar-refractivity contribution in [1.82, 2.24) is 0 Å². The van der Waals surface area contributed by atoms with Crippen molar-refractivity contribution in [2.24, 2.45) is 0 Å². The summed E-state index contributed by atoms with van der Waals surface area (Å²) in [5.41, 5.74) is 8.61. The SMILES string of the molecule is CCOC(=O)c1ccccc1Cc1ccc(Nc2cc(S(=O)(=O)[O-])c(N)c3c2C(=O)c2ccccc2C3=O)c(C)c1.[Na+]. The molecule has 1 aliphatic rings. The third kappa shape index (κ3) is 5.77. The number of nitrogens with two attached hydrogens (primary N) is 1. The van der Waals surface area contributed by atoms with E-state index in [2.05, 4.69) is 5.32 Å². The second-order valence-electron chi connectivity index (χ2n) is 9.57. The second kappa shape index (κ2) is 12.2. The Hall–Kier alpha value is -3.80. The molecule has 9 nitrogen and oxygen atoms in total. The van der Waals surface area contributed by atoms with Crippen molar-refractivity contribution < 1.29 is 61.6 Å². The van der Waals surface area contributed by atoms with Gasteiger partial charge in [-0.3, -0.25) is 9.59 Å². The van der Waals surface area contributed by atoms with E-state index in [9.17, 15) is 27.4 Å². The number of hydrogen-bond donors (Lipinski definition) is 2. The maximum Gasteiger partial charge on any atom is 1.00 e. The van der Waals surface area contributed by atoms with Gasteiger partial charge < -0.3 is 20.3 Å². The van der Waals surface area contributed by atoms with E-state index in [0.717, 1.165) is 22.8 Å². The number of rotatable bonds is 7. The van der Waals surface area contributed by atoms with Crippen LogP contribution in [0.15, 0.2) is 77.7 Å². The Balaban J connectivity index is 0.00000405. The van der Waals surface area contributed by atoms with Crippen molar-refractivity contribution in [3.63, 3.8) is 0 Å². The fourth-order valence-electron chi connectivity index (χ4n) is 5.02. The van der Waals surface area contributed by atoms with Crippen molar-refractivity contribution in [3.8, 4) is 0 Å². The van der Waals surface area contributed by atoms with Gasteiger partial charge in [0.25, 0.3) is 0 Å². The maximum atomic E-state index is 13.5. The van der Waals surface area contributed by atoms with Crippen molar-refractivity contribution in [1.29, 1.82) is 0 Å². The number of ketones is 2. The maximum absolute atomic E-state index is 13.5. The Morgan fingerprint density at radius 1 is 0.905 bits per heavy atom. The molecule has 0 spiro atoms. The van der Waals surface area contributed by atoms with Gasteiger partial charge in [0.15, 0.2) is 11.6 Å². The van der Waals surface area contributed by atoms with Gasteiger partial charge in [-0.15, -0.1) is 0 Å². The summed E-state index contributed by atoms with van der Waals surface area (Å²) in [6, 6.07) is 19.7. The molecule has 1 aliphatic carbocycles. The summed E-state index contributed by atoms with van der Waals surface area (Å²) >= 11 is 0. The van der Waals surface area contributed by atoms with Gasteiger partial charge in [0.2, 0.25) is 0 Å². The first kappa shape index (κ1) is 31.1. The van der Waals surface area contributed by atoms with Gasteiger partial charge in [-0.2, -0.15) is 0 Å². The van der Waals surface area contributed by atoms with E-state index in [-0.39, 0.29) is 64.1 Å². The molecule has 0 atom stereocenters. The predicted molar refractivity (Wildman–Crippen MR) is 152 cm³/mol. The van der Waals surface area contributed by atoms with Crippen molar-refractivity contribution >= 4 is 44.7 Å². The molecule has 0 bridgehead atoms. The van der Waals surface area contributed by atoms with Gasteiger partial charge in [-0.25, -0.2) is 13.2 Å². The van der Waals surface area contributed by atoms with E-state index in [4.69, 9.17) is 10.5 Å². The number of aryl methyl sites for hydroxylation is 1. The zero-order valence-electron chi connectivity index (χ0n) is 23.2. The summed E-state index contributed by atoms with van der Waals surface area (Å²) in [6.07, 6.45) is 0.440. The molecule has 0 aromatic heterocycles. The molecular weight excluding hydrogens is 567 g/mol. The van der Waals surface area contributed by atoms with Gasteiger partial charge >= 0.3 is 35.5 Å². The fourth-order valence-corrected chi connectivity index (χ4v) is 5.66. The summed E-state index contributed by atoms with van der Waals surface area (Å²) < 4.78 is 41.4. The Labute approximate surface area is 265 Å². The Morgan fingerprint density at radius 3 is 2.14 bits per heavy atom. The summed E-state index contributed by atoms with van der Waals surface area (Å²) in [7, 11) is -5.08. The molecule has 5 rings (SSSR count). The number of ether oxygens (including phenoxy) is 1. The normalized spacial score (nSPS) is 12.2. The van der Waals surface area contributed by atoms with Crippen LogP contribution < -0.4 is 40.6 Å². The molecule has 42 heavy (non-hydrogen) atoms. The van der Waals surface area contributed by atoms with Crippen molar-refractivity contribution in [2.75, 3.05) is 17.7 Å².